The van der Waals surface area contributed by atoms with Crippen LogP contribution in [0.2, 0.25) is 0 Å². The van der Waals surface area contributed by atoms with Gasteiger partial charge in [-0.1, -0.05) is 0 Å². The molecule has 1 saturated heterocycles. The van der Waals surface area contributed by atoms with Crippen molar-refractivity contribution in [2.24, 2.45) is 0 Å². The van der Waals surface area contributed by atoms with Gasteiger partial charge < -0.3 is 16.0 Å². The first-order valence-electron chi connectivity index (χ1n) is 7.76. The Labute approximate surface area is 152 Å². The molecule has 6 nitrogen and oxygen atoms in total. The number of rotatable bonds is 7. The third-order valence-corrected chi connectivity index (χ3v) is 4.06. The summed E-state index contributed by atoms with van der Waals surface area (Å²) in [6.07, 6.45) is 3.23. The van der Waals surface area contributed by atoms with Gasteiger partial charge in [0.2, 0.25) is 11.8 Å². The summed E-state index contributed by atoms with van der Waals surface area (Å²) < 4.78 is 0. The van der Waals surface area contributed by atoms with E-state index >= 15 is 0 Å². The summed E-state index contributed by atoms with van der Waals surface area (Å²) in [5.74, 6) is 0.0297. The lowest BCUT2D eigenvalue weighted by Gasteiger charge is -2.32. The quantitative estimate of drug-likeness (QED) is 0.623. The maximum atomic E-state index is 12.2. The molecule has 3 N–H and O–H groups in total. The Morgan fingerprint density at radius 2 is 1.74 bits per heavy atom. The van der Waals surface area contributed by atoms with E-state index in [0.29, 0.717) is 25.4 Å². The normalized spacial score (nSPS) is 15.3. The van der Waals surface area contributed by atoms with Crippen LogP contribution in [0, 0.1) is 0 Å². The number of amides is 2. The van der Waals surface area contributed by atoms with Gasteiger partial charge in [0.25, 0.3) is 0 Å². The molecule has 0 atom stereocenters. The topological polar surface area (TPSA) is 73.5 Å². The Kier molecular flexibility index (Phi) is 12.8. The molecule has 1 heterocycles. The standard InChI is InChI=1S/C15H30N4O2.2ClH/c1-15(2,8-5-13(20)16-3)18-14(21)11-19(4)12-6-9-17-10-7-12;;/h12,17H,5-11H2,1-4H3,(H,16,20)(H,18,21);2*1H. The van der Waals surface area contributed by atoms with Gasteiger partial charge in [0.15, 0.2) is 0 Å². The van der Waals surface area contributed by atoms with E-state index in [9.17, 15) is 9.59 Å². The summed E-state index contributed by atoms with van der Waals surface area (Å²) in [7, 11) is 3.63. The molecule has 8 heteroatoms. The first-order valence-corrected chi connectivity index (χ1v) is 7.76. The minimum absolute atomic E-state index is 0. The Balaban J connectivity index is 0. The molecule has 1 aliphatic rings. The molecular formula is C15H32Cl2N4O2. The van der Waals surface area contributed by atoms with Crippen LogP contribution in [0.1, 0.15) is 39.5 Å². The number of hydrogen-bond acceptors (Lipinski definition) is 4. The van der Waals surface area contributed by atoms with Crippen LogP contribution in [0.3, 0.4) is 0 Å². The van der Waals surface area contributed by atoms with E-state index in [1.165, 1.54) is 0 Å². The highest BCUT2D eigenvalue weighted by molar-refractivity contribution is 5.85. The molecular weight excluding hydrogens is 339 g/mol. The van der Waals surface area contributed by atoms with Crippen LogP contribution >= 0.6 is 24.8 Å². The molecule has 0 aromatic rings. The van der Waals surface area contributed by atoms with Crippen LogP contribution in [0.25, 0.3) is 0 Å². The zero-order chi connectivity index (χ0) is 15.9. The summed E-state index contributed by atoms with van der Waals surface area (Å²) in [5.41, 5.74) is -0.363. The van der Waals surface area contributed by atoms with Crippen molar-refractivity contribution in [1.29, 1.82) is 0 Å². The third kappa shape index (κ3) is 10.0. The van der Waals surface area contributed by atoms with Crippen LogP contribution in [0.4, 0.5) is 0 Å². The second-order valence-electron chi connectivity index (χ2n) is 6.50. The first-order chi connectivity index (χ1) is 9.84. The number of carbonyl (C=O) groups excluding carboxylic acids is 2. The Bertz CT molecular complexity index is 361. The largest absolute Gasteiger partial charge is 0.359 e. The fraction of sp³-hybridized carbons (Fsp3) is 0.867. The van der Waals surface area contributed by atoms with Crippen LogP contribution in [-0.2, 0) is 9.59 Å². The highest BCUT2D eigenvalue weighted by atomic mass is 35.5. The SMILES string of the molecule is CNC(=O)CCC(C)(C)NC(=O)CN(C)C1CCNCC1.Cl.Cl. The molecule has 1 aliphatic heterocycles. The third-order valence-electron chi connectivity index (χ3n) is 4.06. The predicted molar refractivity (Wildman–Crippen MR) is 98.5 cm³/mol. The molecule has 0 aromatic heterocycles. The number of halogens is 2. The molecule has 0 aliphatic carbocycles. The molecule has 23 heavy (non-hydrogen) atoms. The number of likely N-dealkylation sites (N-methyl/N-ethyl adjacent to an activating group) is 1. The number of nitrogens with zero attached hydrogens (tertiary/aromatic N) is 1. The lowest BCUT2D eigenvalue weighted by Crippen LogP contribution is -2.50. The van der Waals surface area contributed by atoms with Gasteiger partial charge in [-0.2, -0.15) is 0 Å². The van der Waals surface area contributed by atoms with Crippen molar-refractivity contribution in [1.82, 2.24) is 20.9 Å². The zero-order valence-corrected chi connectivity index (χ0v) is 16.2. The van der Waals surface area contributed by atoms with Crippen molar-refractivity contribution in [2.45, 2.75) is 51.1 Å². The lowest BCUT2D eigenvalue weighted by atomic mass is 9.98. The van der Waals surface area contributed by atoms with E-state index in [2.05, 4.69) is 20.9 Å². The summed E-state index contributed by atoms with van der Waals surface area (Å²) in [6, 6.07) is 0.478. The number of piperidine rings is 1. The maximum Gasteiger partial charge on any atom is 0.234 e. The van der Waals surface area contributed by atoms with Crippen LogP contribution in [-0.4, -0.2) is 62.0 Å². The van der Waals surface area contributed by atoms with Gasteiger partial charge >= 0.3 is 0 Å². The maximum absolute atomic E-state index is 12.2. The Morgan fingerprint density at radius 3 is 2.26 bits per heavy atom. The van der Waals surface area contributed by atoms with Gasteiger partial charge in [0, 0.05) is 25.0 Å². The van der Waals surface area contributed by atoms with E-state index in [0.717, 1.165) is 25.9 Å². The molecule has 0 unspecified atom stereocenters. The Morgan fingerprint density at radius 1 is 1.17 bits per heavy atom. The van der Waals surface area contributed by atoms with E-state index in [1.54, 1.807) is 7.05 Å². The smallest absolute Gasteiger partial charge is 0.234 e. The summed E-state index contributed by atoms with van der Waals surface area (Å²) in [5, 5.41) is 8.96. The molecule has 0 saturated carbocycles. The second kappa shape index (κ2) is 11.9. The minimum Gasteiger partial charge on any atom is -0.359 e. The predicted octanol–water partition coefficient (Wildman–Crippen LogP) is 0.935. The number of carbonyl (C=O) groups is 2. The zero-order valence-electron chi connectivity index (χ0n) is 14.6. The van der Waals surface area contributed by atoms with Gasteiger partial charge in [0.05, 0.1) is 6.54 Å². The molecule has 1 fully saturated rings. The van der Waals surface area contributed by atoms with Crippen LogP contribution < -0.4 is 16.0 Å². The van der Waals surface area contributed by atoms with Crippen molar-refractivity contribution in [3.05, 3.63) is 0 Å². The average molecular weight is 371 g/mol. The average Bonchev–Trinajstić information content (AvgIpc) is 2.45. The second-order valence-corrected chi connectivity index (χ2v) is 6.50. The molecule has 0 spiro atoms. The highest BCUT2D eigenvalue weighted by Gasteiger charge is 2.24. The first kappa shape index (κ1) is 24.7. The van der Waals surface area contributed by atoms with Gasteiger partial charge in [-0.15, -0.1) is 24.8 Å². The van der Waals surface area contributed by atoms with Crippen LogP contribution in [0.5, 0.6) is 0 Å². The molecule has 0 bridgehead atoms. The monoisotopic (exact) mass is 370 g/mol. The van der Waals surface area contributed by atoms with E-state index < -0.39 is 0 Å². The summed E-state index contributed by atoms with van der Waals surface area (Å²) in [6.45, 7) is 6.37. The van der Waals surface area contributed by atoms with Crippen molar-refractivity contribution < 1.29 is 9.59 Å². The van der Waals surface area contributed by atoms with Gasteiger partial charge in [-0.3, -0.25) is 14.5 Å². The van der Waals surface area contributed by atoms with Crippen LogP contribution in [0.15, 0.2) is 0 Å². The molecule has 2 amide bonds. The van der Waals surface area contributed by atoms with Gasteiger partial charge in [-0.25, -0.2) is 0 Å². The van der Waals surface area contributed by atoms with Crippen molar-refractivity contribution >= 4 is 36.6 Å². The Hall–Kier alpha value is -0.560. The lowest BCUT2D eigenvalue weighted by molar-refractivity contribution is -0.125. The fourth-order valence-electron chi connectivity index (χ4n) is 2.63. The van der Waals surface area contributed by atoms with Crippen molar-refractivity contribution in [2.75, 3.05) is 33.7 Å². The van der Waals surface area contributed by atoms with Gasteiger partial charge in [0.1, 0.15) is 0 Å². The highest BCUT2D eigenvalue weighted by Crippen LogP contribution is 2.12. The van der Waals surface area contributed by atoms with E-state index in [4.69, 9.17) is 0 Å². The molecule has 0 radical (unpaired) electrons. The van der Waals surface area contributed by atoms with Crippen molar-refractivity contribution in [3.63, 3.8) is 0 Å². The summed E-state index contributed by atoms with van der Waals surface area (Å²) >= 11 is 0. The molecule has 1 rings (SSSR count). The fourth-order valence-corrected chi connectivity index (χ4v) is 2.63. The van der Waals surface area contributed by atoms with E-state index in [1.807, 2.05) is 20.9 Å². The summed E-state index contributed by atoms with van der Waals surface area (Å²) in [4.78, 5) is 25.6. The molecule has 0 aromatic carbocycles. The number of nitrogens with one attached hydrogen (secondary N) is 3. The molecule has 138 valence electrons. The number of hydrogen-bond donors (Lipinski definition) is 3. The van der Waals surface area contributed by atoms with Gasteiger partial charge in [-0.05, 0) is 53.2 Å². The minimum atomic E-state index is -0.363. The van der Waals surface area contributed by atoms with Crippen molar-refractivity contribution in [3.8, 4) is 0 Å². The van der Waals surface area contributed by atoms with E-state index in [-0.39, 0.29) is 42.2 Å².